The van der Waals surface area contributed by atoms with Crippen LogP contribution in [0.1, 0.15) is 5.56 Å². The van der Waals surface area contributed by atoms with E-state index in [9.17, 15) is 5.11 Å². The molecule has 2 heterocycles. The molecular weight excluding hydrogens is 292 g/mol. The molecule has 0 atom stereocenters. The molecule has 0 aliphatic carbocycles. The van der Waals surface area contributed by atoms with Crippen molar-refractivity contribution in [2.75, 3.05) is 5.43 Å². The number of anilines is 1. The number of hydrogen-bond acceptors (Lipinski definition) is 6. The third-order valence-corrected chi connectivity index (χ3v) is 3.44. The molecular formula is C16H12N6O. The Morgan fingerprint density at radius 2 is 1.83 bits per heavy atom. The van der Waals surface area contributed by atoms with Gasteiger partial charge in [0.05, 0.1) is 6.21 Å². The fourth-order valence-electron chi connectivity index (χ4n) is 2.34. The molecule has 0 aliphatic rings. The Kier molecular flexibility index (Phi) is 3.09. The predicted molar refractivity (Wildman–Crippen MR) is 87.6 cm³/mol. The third kappa shape index (κ3) is 2.44. The SMILES string of the molecule is Oc1ccc(C=NNc2nn3cnnc3c3ccccc23)cc1. The van der Waals surface area contributed by atoms with E-state index >= 15 is 0 Å². The number of aromatic nitrogens is 4. The minimum atomic E-state index is 0.223. The lowest BCUT2D eigenvalue weighted by Gasteiger charge is -2.05. The van der Waals surface area contributed by atoms with Gasteiger partial charge in [0, 0.05) is 10.8 Å². The Balaban J connectivity index is 1.71. The summed E-state index contributed by atoms with van der Waals surface area (Å²) in [7, 11) is 0. The Hall–Kier alpha value is -3.48. The summed E-state index contributed by atoms with van der Waals surface area (Å²) in [6, 6.07) is 14.6. The van der Waals surface area contributed by atoms with Crippen molar-refractivity contribution in [1.82, 2.24) is 19.8 Å². The first kappa shape index (κ1) is 13.2. The van der Waals surface area contributed by atoms with E-state index in [1.807, 2.05) is 24.3 Å². The number of fused-ring (bicyclic) bond motifs is 3. The van der Waals surface area contributed by atoms with Gasteiger partial charge in [-0.15, -0.1) is 15.3 Å². The van der Waals surface area contributed by atoms with E-state index in [0.717, 1.165) is 16.3 Å². The quantitative estimate of drug-likeness (QED) is 0.448. The van der Waals surface area contributed by atoms with Crippen LogP contribution in [0.5, 0.6) is 5.75 Å². The second-order valence-electron chi connectivity index (χ2n) is 4.95. The van der Waals surface area contributed by atoms with Gasteiger partial charge in [0.15, 0.2) is 11.5 Å². The number of phenolic OH excluding ortho intramolecular Hbond substituents is 1. The third-order valence-electron chi connectivity index (χ3n) is 3.44. The van der Waals surface area contributed by atoms with Gasteiger partial charge in [-0.05, 0) is 29.8 Å². The molecule has 2 aromatic heterocycles. The van der Waals surface area contributed by atoms with E-state index in [0.29, 0.717) is 11.5 Å². The van der Waals surface area contributed by atoms with E-state index in [2.05, 4.69) is 25.8 Å². The fraction of sp³-hybridized carbons (Fsp3) is 0. The molecule has 0 fully saturated rings. The highest BCUT2D eigenvalue weighted by Crippen LogP contribution is 2.23. The van der Waals surface area contributed by atoms with E-state index in [1.54, 1.807) is 41.3 Å². The summed E-state index contributed by atoms with van der Waals surface area (Å²) < 4.78 is 1.61. The maximum absolute atomic E-state index is 9.27. The van der Waals surface area contributed by atoms with Gasteiger partial charge in [0.25, 0.3) is 0 Å². The average molecular weight is 304 g/mol. The zero-order valence-electron chi connectivity index (χ0n) is 12.0. The van der Waals surface area contributed by atoms with Crippen molar-refractivity contribution in [3.05, 3.63) is 60.4 Å². The number of nitrogens with one attached hydrogen (secondary N) is 1. The molecule has 0 unspecified atom stereocenters. The molecule has 0 radical (unpaired) electrons. The number of hydrazone groups is 1. The molecule has 4 rings (SSSR count). The normalized spacial score (nSPS) is 11.5. The first-order valence-electron chi connectivity index (χ1n) is 6.98. The second kappa shape index (κ2) is 5.38. The summed E-state index contributed by atoms with van der Waals surface area (Å²) in [6.07, 6.45) is 3.21. The fourth-order valence-corrected chi connectivity index (χ4v) is 2.34. The van der Waals surface area contributed by atoms with Crippen LogP contribution in [-0.4, -0.2) is 31.1 Å². The van der Waals surface area contributed by atoms with Gasteiger partial charge in [0.1, 0.15) is 12.1 Å². The minimum Gasteiger partial charge on any atom is -0.508 e. The largest absolute Gasteiger partial charge is 0.508 e. The highest BCUT2D eigenvalue weighted by atomic mass is 16.3. The minimum absolute atomic E-state index is 0.223. The Morgan fingerprint density at radius 3 is 2.65 bits per heavy atom. The lowest BCUT2D eigenvalue weighted by molar-refractivity contribution is 0.475. The van der Waals surface area contributed by atoms with Gasteiger partial charge in [0.2, 0.25) is 0 Å². The Morgan fingerprint density at radius 1 is 1.04 bits per heavy atom. The summed E-state index contributed by atoms with van der Waals surface area (Å²) >= 11 is 0. The van der Waals surface area contributed by atoms with E-state index in [1.165, 1.54) is 0 Å². The summed E-state index contributed by atoms with van der Waals surface area (Å²) in [5.74, 6) is 0.837. The smallest absolute Gasteiger partial charge is 0.185 e. The second-order valence-corrected chi connectivity index (χ2v) is 4.95. The van der Waals surface area contributed by atoms with Gasteiger partial charge in [-0.3, -0.25) is 5.43 Å². The predicted octanol–water partition coefficient (Wildman–Crippen LogP) is 2.43. The zero-order chi connectivity index (χ0) is 15.6. The maximum Gasteiger partial charge on any atom is 0.185 e. The van der Waals surface area contributed by atoms with Crippen molar-refractivity contribution in [1.29, 1.82) is 0 Å². The van der Waals surface area contributed by atoms with E-state index in [-0.39, 0.29) is 5.75 Å². The molecule has 7 heteroatoms. The van der Waals surface area contributed by atoms with E-state index in [4.69, 9.17) is 0 Å². The van der Waals surface area contributed by atoms with Crippen molar-refractivity contribution >= 4 is 28.5 Å². The number of aromatic hydroxyl groups is 1. The molecule has 0 spiro atoms. The molecule has 4 aromatic rings. The van der Waals surface area contributed by atoms with Crippen molar-refractivity contribution < 1.29 is 5.11 Å². The molecule has 112 valence electrons. The first-order chi connectivity index (χ1) is 11.3. The van der Waals surface area contributed by atoms with Gasteiger partial charge >= 0.3 is 0 Å². The van der Waals surface area contributed by atoms with Crippen LogP contribution in [0, 0.1) is 0 Å². The molecule has 2 aromatic carbocycles. The topological polar surface area (TPSA) is 87.7 Å². The summed E-state index contributed by atoms with van der Waals surface area (Å²) in [5, 5.41) is 27.8. The number of hydrogen-bond donors (Lipinski definition) is 2. The van der Waals surface area contributed by atoms with Gasteiger partial charge in [-0.25, -0.2) is 0 Å². The van der Waals surface area contributed by atoms with Crippen LogP contribution in [0.15, 0.2) is 60.0 Å². The average Bonchev–Trinajstić information content (AvgIpc) is 3.05. The molecule has 0 aliphatic heterocycles. The lowest BCUT2D eigenvalue weighted by atomic mass is 10.2. The molecule has 0 amide bonds. The number of rotatable bonds is 3. The van der Waals surface area contributed by atoms with Crippen LogP contribution in [0.4, 0.5) is 5.82 Å². The van der Waals surface area contributed by atoms with Crippen molar-refractivity contribution in [2.24, 2.45) is 5.10 Å². The summed E-state index contributed by atoms with van der Waals surface area (Å²) in [5.41, 5.74) is 4.52. The number of nitrogens with zero attached hydrogens (tertiary/aromatic N) is 5. The molecule has 0 bridgehead atoms. The van der Waals surface area contributed by atoms with Crippen LogP contribution in [0.2, 0.25) is 0 Å². The summed E-state index contributed by atoms with van der Waals surface area (Å²) in [6.45, 7) is 0. The molecule has 2 N–H and O–H groups in total. The Labute approximate surface area is 130 Å². The molecule has 23 heavy (non-hydrogen) atoms. The Bertz CT molecular complexity index is 1010. The molecule has 0 saturated heterocycles. The lowest BCUT2D eigenvalue weighted by Crippen LogP contribution is -2.00. The zero-order valence-corrected chi connectivity index (χ0v) is 12.0. The monoisotopic (exact) mass is 304 g/mol. The standard InChI is InChI=1S/C16H12N6O/c23-12-7-5-11(6-8-12)9-17-19-15-13-3-1-2-4-14(13)16-20-18-10-22(16)21-15/h1-10,23H,(H,19,21). The van der Waals surface area contributed by atoms with Gasteiger partial charge in [-0.1, -0.05) is 24.3 Å². The van der Waals surface area contributed by atoms with Crippen LogP contribution < -0.4 is 5.43 Å². The van der Waals surface area contributed by atoms with Crippen LogP contribution in [0.3, 0.4) is 0 Å². The summed E-state index contributed by atoms with van der Waals surface area (Å²) in [4.78, 5) is 0. The number of phenols is 1. The van der Waals surface area contributed by atoms with Crippen LogP contribution >= 0.6 is 0 Å². The van der Waals surface area contributed by atoms with Crippen LogP contribution in [-0.2, 0) is 0 Å². The van der Waals surface area contributed by atoms with Crippen molar-refractivity contribution in [3.8, 4) is 5.75 Å². The highest BCUT2D eigenvalue weighted by molar-refractivity contribution is 5.99. The van der Waals surface area contributed by atoms with E-state index < -0.39 is 0 Å². The van der Waals surface area contributed by atoms with Gasteiger partial charge in [-0.2, -0.15) is 9.62 Å². The van der Waals surface area contributed by atoms with Crippen molar-refractivity contribution in [2.45, 2.75) is 0 Å². The molecule has 0 saturated carbocycles. The highest BCUT2D eigenvalue weighted by Gasteiger charge is 2.08. The van der Waals surface area contributed by atoms with Gasteiger partial charge < -0.3 is 5.11 Å². The molecule has 7 nitrogen and oxygen atoms in total. The van der Waals surface area contributed by atoms with Crippen LogP contribution in [0.25, 0.3) is 16.4 Å². The van der Waals surface area contributed by atoms with Crippen molar-refractivity contribution in [3.63, 3.8) is 0 Å². The first-order valence-corrected chi connectivity index (χ1v) is 6.98. The number of benzene rings is 2. The maximum atomic E-state index is 9.27.